The summed E-state index contributed by atoms with van der Waals surface area (Å²) in [6, 6.07) is 11.4. The minimum atomic E-state index is -3.60. The standard InChI is InChI=1S/C19H23BrN2O3S/c1-14-4-6-17(15(2)12-14)21-8-10-22(11-9-21)26(23,24)19-13-16(20)5-7-18(19)25-3/h4-7,12-13H,8-11H2,1-3H3. The molecule has 0 N–H and O–H groups in total. The Labute approximate surface area is 163 Å². The summed E-state index contributed by atoms with van der Waals surface area (Å²) in [5.74, 6) is 0.366. The van der Waals surface area contributed by atoms with E-state index in [0.717, 1.165) is 0 Å². The Bertz CT molecular complexity index is 907. The smallest absolute Gasteiger partial charge is 0.246 e. The van der Waals surface area contributed by atoms with Crippen LogP contribution < -0.4 is 9.64 Å². The Morgan fingerprint density at radius 3 is 2.31 bits per heavy atom. The van der Waals surface area contributed by atoms with E-state index >= 15 is 0 Å². The van der Waals surface area contributed by atoms with Crippen LogP contribution in [0.1, 0.15) is 11.1 Å². The molecule has 1 fully saturated rings. The molecule has 1 heterocycles. The van der Waals surface area contributed by atoms with Crippen LogP contribution in [0.3, 0.4) is 0 Å². The van der Waals surface area contributed by atoms with E-state index in [4.69, 9.17) is 4.74 Å². The van der Waals surface area contributed by atoms with E-state index in [-0.39, 0.29) is 4.90 Å². The quantitative estimate of drug-likeness (QED) is 0.731. The maximum Gasteiger partial charge on any atom is 0.246 e. The maximum atomic E-state index is 13.1. The van der Waals surface area contributed by atoms with Crippen molar-refractivity contribution in [3.63, 3.8) is 0 Å². The highest BCUT2D eigenvalue weighted by molar-refractivity contribution is 9.10. The van der Waals surface area contributed by atoms with Crippen molar-refractivity contribution in [2.75, 3.05) is 38.2 Å². The summed E-state index contributed by atoms with van der Waals surface area (Å²) in [7, 11) is -2.11. The van der Waals surface area contributed by atoms with Crippen molar-refractivity contribution in [3.05, 3.63) is 52.0 Å². The zero-order valence-corrected chi connectivity index (χ0v) is 17.6. The second-order valence-electron chi connectivity index (χ2n) is 6.48. The van der Waals surface area contributed by atoms with Gasteiger partial charge in [-0.2, -0.15) is 4.31 Å². The van der Waals surface area contributed by atoms with Crippen molar-refractivity contribution in [3.8, 4) is 5.75 Å². The number of anilines is 1. The predicted octanol–water partition coefficient (Wildman–Crippen LogP) is 3.59. The summed E-state index contributed by atoms with van der Waals surface area (Å²) in [5, 5.41) is 0. The fraction of sp³-hybridized carbons (Fsp3) is 0.368. The second kappa shape index (κ2) is 7.58. The highest BCUT2D eigenvalue weighted by atomic mass is 79.9. The zero-order chi connectivity index (χ0) is 18.9. The van der Waals surface area contributed by atoms with Crippen molar-refractivity contribution in [1.29, 1.82) is 0 Å². The first-order valence-electron chi connectivity index (χ1n) is 8.49. The summed E-state index contributed by atoms with van der Waals surface area (Å²) in [6.07, 6.45) is 0. The van der Waals surface area contributed by atoms with Crippen LogP contribution in [0, 0.1) is 13.8 Å². The van der Waals surface area contributed by atoms with Crippen LogP contribution in [0.15, 0.2) is 45.8 Å². The van der Waals surface area contributed by atoms with E-state index in [1.165, 1.54) is 28.2 Å². The molecule has 0 aliphatic carbocycles. The summed E-state index contributed by atoms with van der Waals surface area (Å²) < 4.78 is 33.7. The van der Waals surface area contributed by atoms with Gasteiger partial charge in [-0.25, -0.2) is 8.42 Å². The number of nitrogens with zero attached hydrogens (tertiary/aromatic N) is 2. The van der Waals surface area contributed by atoms with Gasteiger partial charge >= 0.3 is 0 Å². The molecule has 3 rings (SSSR count). The highest BCUT2D eigenvalue weighted by Crippen LogP contribution is 2.31. The Morgan fingerprint density at radius 1 is 1.00 bits per heavy atom. The van der Waals surface area contributed by atoms with Crippen LogP contribution in [-0.2, 0) is 10.0 Å². The first-order valence-corrected chi connectivity index (χ1v) is 10.7. The Morgan fingerprint density at radius 2 is 1.69 bits per heavy atom. The molecule has 26 heavy (non-hydrogen) atoms. The van der Waals surface area contributed by atoms with Crippen molar-refractivity contribution < 1.29 is 13.2 Å². The number of ether oxygens (including phenoxy) is 1. The molecule has 0 radical (unpaired) electrons. The molecule has 0 unspecified atom stereocenters. The number of benzene rings is 2. The molecule has 0 amide bonds. The van der Waals surface area contributed by atoms with Gasteiger partial charge in [0.1, 0.15) is 10.6 Å². The van der Waals surface area contributed by atoms with Gasteiger partial charge in [0.25, 0.3) is 0 Å². The number of hydrogen-bond acceptors (Lipinski definition) is 4. The largest absolute Gasteiger partial charge is 0.495 e. The number of piperazine rings is 1. The lowest BCUT2D eigenvalue weighted by atomic mass is 10.1. The normalized spacial score (nSPS) is 15.9. The van der Waals surface area contributed by atoms with Gasteiger partial charge in [0.15, 0.2) is 0 Å². The Balaban J connectivity index is 1.80. The molecule has 1 aliphatic rings. The van der Waals surface area contributed by atoms with Gasteiger partial charge in [0, 0.05) is 36.3 Å². The highest BCUT2D eigenvalue weighted by Gasteiger charge is 2.31. The molecule has 2 aromatic rings. The Hall–Kier alpha value is -1.57. The third-order valence-electron chi connectivity index (χ3n) is 4.68. The fourth-order valence-electron chi connectivity index (χ4n) is 3.32. The summed E-state index contributed by atoms with van der Waals surface area (Å²) >= 11 is 3.35. The molecular formula is C19H23BrN2O3S. The van der Waals surface area contributed by atoms with E-state index in [1.54, 1.807) is 18.2 Å². The number of sulfonamides is 1. The molecule has 0 spiro atoms. The third kappa shape index (κ3) is 3.75. The van der Waals surface area contributed by atoms with Gasteiger partial charge in [0.2, 0.25) is 10.0 Å². The molecule has 0 saturated carbocycles. The lowest BCUT2D eigenvalue weighted by Crippen LogP contribution is -2.48. The molecule has 2 aromatic carbocycles. The maximum absolute atomic E-state index is 13.1. The zero-order valence-electron chi connectivity index (χ0n) is 15.2. The fourth-order valence-corrected chi connectivity index (χ4v) is 5.44. The summed E-state index contributed by atoms with van der Waals surface area (Å²) in [5.41, 5.74) is 3.62. The SMILES string of the molecule is COc1ccc(Br)cc1S(=O)(=O)N1CCN(c2ccc(C)cc2C)CC1. The molecule has 140 valence electrons. The molecule has 0 atom stereocenters. The van der Waals surface area contributed by atoms with E-state index in [2.05, 4.69) is 52.9 Å². The minimum absolute atomic E-state index is 0.203. The topological polar surface area (TPSA) is 49.9 Å². The minimum Gasteiger partial charge on any atom is -0.495 e. The van der Waals surface area contributed by atoms with Gasteiger partial charge in [-0.3, -0.25) is 0 Å². The van der Waals surface area contributed by atoms with Gasteiger partial charge in [-0.05, 0) is 43.7 Å². The van der Waals surface area contributed by atoms with Gasteiger partial charge in [0.05, 0.1) is 7.11 Å². The van der Waals surface area contributed by atoms with Gasteiger partial charge in [-0.1, -0.05) is 33.6 Å². The summed E-state index contributed by atoms with van der Waals surface area (Å²) in [6.45, 7) is 6.40. The lowest BCUT2D eigenvalue weighted by molar-refractivity contribution is 0.374. The van der Waals surface area contributed by atoms with Crippen LogP contribution in [-0.4, -0.2) is 46.0 Å². The second-order valence-corrected chi connectivity index (χ2v) is 9.30. The van der Waals surface area contributed by atoms with Crippen molar-refractivity contribution in [2.45, 2.75) is 18.7 Å². The first-order chi connectivity index (χ1) is 12.3. The number of hydrogen-bond donors (Lipinski definition) is 0. The molecule has 1 aliphatic heterocycles. The van der Waals surface area contributed by atoms with E-state index in [9.17, 15) is 8.42 Å². The van der Waals surface area contributed by atoms with Crippen molar-refractivity contribution in [2.24, 2.45) is 0 Å². The van der Waals surface area contributed by atoms with Gasteiger partial charge < -0.3 is 9.64 Å². The number of aryl methyl sites for hydroxylation is 2. The summed E-state index contributed by atoms with van der Waals surface area (Å²) in [4.78, 5) is 2.45. The Kier molecular flexibility index (Phi) is 5.60. The van der Waals surface area contributed by atoms with Crippen LogP contribution >= 0.6 is 15.9 Å². The molecule has 0 bridgehead atoms. The molecule has 7 heteroatoms. The molecule has 5 nitrogen and oxygen atoms in total. The van der Waals surface area contributed by atoms with E-state index in [1.807, 2.05) is 0 Å². The van der Waals surface area contributed by atoms with Crippen molar-refractivity contribution >= 4 is 31.6 Å². The van der Waals surface area contributed by atoms with Crippen LogP contribution in [0.2, 0.25) is 0 Å². The van der Waals surface area contributed by atoms with Crippen molar-refractivity contribution in [1.82, 2.24) is 4.31 Å². The molecule has 0 aromatic heterocycles. The average Bonchev–Trinajstić information content (AvgIpc) is 2.62. The third-order valence-corrected chi connectivity index (χ3v) is 7.09. The van der Waals surface area contributed by atoms with Crippen LogP contribution in [0.4, 0.5) is 5.69 Å². The monoisotopic (exact) mass is 438 g/mol. The van der Waals surface area contributed by atoms with Crippen LogP contribution in [0.5, 0.6) is 5.75 Å². The predicted molar refractivity (Wildman–Crippen MR) is 108 cm³/mol. The molecular weight excluding hydrogens is 416 g/mol. The van der Waals surface area contributed by atoms with Gasteiger partial charge in [-0.15, -0.1) is 0 Å². The van der Waals surface area contributed by atoms with Crippen LogP contribution in [0.25, 0.3) is 0 Å². The molecule has 1 saturated heterocycles. The first kappa shape index (κ1) is 19.2. The number of methoxy groups -OCH3 is 1. The van der Waals surface area contributed by atoms with E-state index in [0.29, 0.717) is 36.4 Å². The average molecular weight is 439 g/mol. The van der Waals surface area contributed by atoms with E-state index < -0.39 is 10.0 Å². The lowest BCUT2D eigenvalue weighted by Gasteiger charge is -2.36. The number of rotatable bonds is 4. The number of halogens is 1.